The molecule has 1 amide bonds. The number of thiophene rings is 1. The number of ether oxygens (including phenoxy) is 1. The highest BCUT2D eigenvalue weighted by Gasteiger charge is 2.23. The number of amides is 1. The molecule has 0 unspecified atom stereocenters. The highest BCUT2D eigenvalue weighted by atomic mass is 32.1. The van der Waals surface area contributed by atoms with Gasteiger partial charge in [0, 0.05) is 13.1 Å². The maximum atomic E-state index is 12.2. The van der Waals surface area contributed by atoms with Crippen molar-refractivity contribution >= 4 is 23.2 Å². The van der Waals surface area contributed by atoms with Crippen LogP contribution < -0.4 is 0 Å². The Hall–Kier alpha value is -2.15. The predicted molar refractivity (Wildman–Crippen MR) is 82.6 cm³/mol. The fourth-order valence-corrected chi connectivity index (χ4v) is 2.42. The van der Waals surface area contributed by atoms with Gasteiger partial charge in [-0.15, -0.1) is 11.3 Å². The molecule has 22 heavy (non-hydrogen) atoms. The summed E-state index contributed by atoms with van der Waals surface area (Å²) in [7, 11) is 1.52. The smallest absolute Gasteiger partial charge is 0.326 e. The number of rotatable bonds is 4. The Balaban J connectivity index is 2.00. The fourth-order valence-electron chi connectivity index (χ4n) is 1.75. The molecule has 2 rings (SSSR count). The number of esters is 1. The average molecular weight is 322 g/mol. The molecule has 0 atom stereocenters. The summed E-state index contributed by atoms with van der Waals surface area (Å²) >= 11 is 1.49. The molecule has 0 radical (unpaired) electrons. The minimum Gasteiger partial charge on any atom is -0.459 e. The molecule has 0 aliphatic heterocycles. The van der Waals surface area contributed by atoms with Crippen molar-refractivity contribution in [1.29, 1.82) is 0 Å². The van der Waals surface area contributed by atoms with Crippen LogP contribution in [0.1, 0.15) is 31.3 Å². The van der Waals surface area contributed by atoms with E-state index < -0.39 is 17.5 Å². The molecule has 0 aromatic carbocycles. The van der Waals surface area contributed by atoms with Crippen LogP contribution in [-0.2, 0) is 9.53 Å². The van der Waals surface area contributed by atoms with Crippen LogP contribution in [0.25, 0.3) is 10.6 Å². The number of hydrogen-bond acceptors (Lipinski definition) is 6. The molecule has 118 valence electrons. The van der Waals surface area contributed by atoms with E-state index in [1.165, 1.54) is 23.3 Å². The van der Waals surface area contributed by atoms with Crippen LogP contribution in [0.2, 0.25) is 0 Å². The molecule has 0 aliphatic carbocycles. The van der Waals surface area contributed by atoms with Crippen LogP contribution in [0.3, 0.4) is 0 Å². The number of carbonyl (C=O) groups is 2. The molecule has 0 fully saturated rings. The Kier molecular flexibility index (Phi) is 4.65. The van der Waals surface area contributed by atoms with Gasteiger partial charge in [-0.3, -0.25) is 9.59 Å². The summed E-state index contributed by atoms with van der Waals surface area (Å²) in [6, 6.07) is 5.34. The molecule has 2 aromatic heterocycles. The van der Waals surface area contributed by atoms with E-state index in [9.17, 15) is 9.59 Å². The summed E-state index contributed by atoms with van der Waals surface area (Å²) in [5.41, 5.74) is -0.421. The average Bonchev–Trinajstić information content (AvgIpc) is 3.06. The normalized spacial score (nSPS) is 11.3. The molecule has 0 spiro atoms. The Morgan fingerprint density at radius 1 is 1.41 bits per heavy atom. The van der Waals surface area contributed by atoms with Gasteiger partial charge < -0.3 is 14.2 Å². The van der Waals surface area contributed by atoms with Gasteiger partial charge in [0.25, 0.3) is 5.91 Å². The van der Waals surface area contributed by atoms with E-state index in [2.05, 4.69) is 5.16 Å². The number of hydrogen-bond donors (Lipinski definition) is 0. The third-order valence-corrected chi connectivity index (χ3v) is 3.51. The SMILES string of the molecule is CN(CC(=O)OC(C)(C)C)C(=O)c1cc(-c2cccs2)on1. The Morgan fingerprint density at radius 3 is 2.73 bits per heavy atom. The molecule has 0 N–H and O–H groups in total. The first-order valence-electron chi connectivity index (χ1n) is 6.74. The van der Waals surface area contributed by atoms with Crippen molar-refractivity contribution in [3.05, 3.63) is 29.3 Å². The van der Waals surface area contributed by atoms with Crippen LogP contribution in [0.15, 0.2) is 28.1 Å². The van der Waals surface area contributed by atoms with Crippen LogP contribution in [0.5, 0.6) is 0 Å². The van der Waals surface area contributed by atoms with Crippen molar-refractivity contribution in [2.75, 3.05) is 13.6 Å². The lowest BCUT2D eigenvalue weighted by Gasteiger charge is -2.22. The molecule has 6 nitrogen and oxygen atoms in total. The van der Waals surface area contributed by atoms with Gasteiger partial charge in [0.1, 0.15) is 12.1 Å². The predicted octanol–water partition coefficient (Wildman–Crippen LogP) is 2.82. The first-order chi connectivity index (χ1) is 10.3. The molecule has 0 aliphatic rings. The minimum atomic E-state index is -0.582. The van der Waals surface area contributed by atoms with Gasteiger partial charge in [0.05, 0.1) is 4.88 Å². The Bertz CT molecular complexity index is 655. The summed E-state index contributed by atoms with van der Waals surface area (Å²) in [5, 5.41) is 5.67. The summed E-state index contributed by atoms with van der Waals surface area (Å²) in [6.45, 7) is 5.18. The van der Waals surface area contributed by atoms with E-state index in [0.29, 0.717) is 5.76 Å². The van der Waals surface area contributed by atoms with E-state index in [1.54, 1.807) is 26.8 Å². The van der Waals surface area contributed by atoms with Crippen LogP contribution in [0, 0.1) is 0 Å². The first kappa shape index (κ1) is 16.2. The Morgan fingerprint density at radius 2 is 2.14 bits per heavy atom. The van der Waals surface area contributed by atoms with Gasteiger partial charge in [0.2, 0.25) is 0 Å². The molecular weight excluding hydrogens is 304 g/mol. The monoisotopic (exact) mass is 322 g/mol. The standard InChI is InChI=1S/C15H18N2O4S/c1-15(2,3)20-13(18)9-17(4)14(19)10-8-11(21-16-10)12-6-5-7-22-12/h5-8H,9H2,1-4H3. The highest BCUT2D eigenvalue weighted by molar-refractivity contribution is 7.13. The van der Waals surface area contributed by atoms with Crippen LogP contribution in [0.4, 0.5) is 0 Å². The van der Waals surface area contributed by atoms with Crippen molar-refractivity contribution in [1.82, 2.24) is 10.1 Å². The van der Waals surface area contributed by atoms with Crippen molar-refractivity contribution in [3.8, 4) is 10.6 Å². The minimum absolute atomic E-state index is 0.142. The molecule has 7 heteroatoms. The zero-order valence-electron chi connectivity index (χ0n) is 13.0. The number of likely N-dealkylation sites (N-methyl/N-ethyl adjacent to an activating group) is 1. The molecule has 2 aromatic rings. The Labute approximate surface area is 132 Å². The van der Waals surface area contributed by atoms with Gasteiger partial charge >= 0.3 is 5.97 Å². The van der Waals surface area contributed by atoms with Gasteiger partial charge in [-0.1, -0.05) is 11.2 Å². The van der Waals surface area contributed by atoms with Crippen molar-refractivity contribution in [2.45, 2.75) is 26.4 Å². The highest BCUT2D eigenvalue weighted by Crippen LogP contribution is 2.25. The second-order valence-electron chi connectivity index (χ2n) is 5.80. The van der Waals surface area contributed by atoms with E-state index in [4.69, 9.17) is 9.26 Å². The lowest BCUT2D eigenvalue weighted by atomic mass is 10.2. The zero-order valence-corrected chi connectivity index (χ0v) is 13.8. The molecular formula is C15H18N2O4S. The topological polar surface area (TPSA) is 72.6 Å². The summed E-state index contributed by atoms with van der Waals surface area (Å²) in [6.07, 6.45) is 0. The van der Waals surface area contributed by atoms with Gasteiger partial charge in [0.15, 0.2) is 11.5 Å². The van der Waals surface area contributed by atoms with Crippen LogP contribution >= 0.6 is 11.3 Å². The number of carbonyl (C=O) groups excluding carboxylic acids is 2. The van der Waals surface area contributed by atoms with E-state index >= 15 is 0 Å². The van der Waals surface area contributed by atoms with Gasteiger partial charge in [-0.2, -0.15) is 0 Å². The maximum absolute atomic E-state index is 12.2. The van der Waals surface area contributed by atoms with Crippen molar-refractivity contribution in [2.24, 2.45) is 0 Å². The van der Waals surface area contributed by atoms with E-state index in [0.717, 1.165) is 4.88 Å². The summed E-state index contributed by atoms with van der Waals surface area (Å²) in [5.74, 6) is -0.327. The van der Waals surface area contributed by atoms with Gasteiger partial charge in [-0.25, -0.2) is 0 Å². The summed E-state index contributed by atoms with van der Waals surface area (Å²) < 4.78 is 10.3. The quantitative estimate of drug-likeness (QED) is 0.809. The molecule has 0 saturated heterocycles. The van der Waals surface area contributed by atoms with Gasteiger partial charge in [-0.05, 0) is 32.2 Å². The van der Waals surface area contributed by atoms with Crippen molar-refractivity contribution < 1.29 is 18.8 Å². The number of aromatic nitrogens is 1. The zero-order chi connectivity index (χ0) is 16.3. The third kappa shape index (κ3) is 4.17. The second kappa shape index (κ2) is 6.31. The lowest BCUT2D eigenvalue weighted by Crippen LogP contribution is -2.36. The molecule has 2 heterocycles. The maximum Gasteiger partial charge on any atom is 0.326 e. The fraction of sp³-hybridized carbons (Fsp3) is 0.400. The van der Waals surface area contributed by atoms with E-state index in [1.807, 2.05) is 17.5 Å². The largest absolute Gasteiger partial charge is 0.459 e. The molecule has 0 saturated carbocycles. The lowest BCUT2D eigenvalue weighted by molar-refractivity contribution is -0.155. The van der Waals surface area contributed by atoms with Crippen molar-refractivity contribution in [3.63, 3.8) is 0 Å². The second-order valence-corrected chi connectivity index (χ2v) is 6.75. The summed E-state index contributed by atoms with van der Waals surface area (Å²) in [4.78, 5) is 26.1. The van der Waals surface area contributed by atoms with E-state index in [-0.39, 0.29) is 12.2 Å². The third-order valence-electron chi connectivity index (χ3n) is 2.63. The first-order valence-corrected chi connectivity index (χ1v) is 7.62. The molecule has 0 bridgehead atoms. The number of nitrogens with zero attached hydrogens (tertiary/aromatic N) is 2. The van der Waals surface area contributed by atoms with Crippen LogP contribution in [-0.4, -0.2) is 41.1 Å².